The molecule has 5 rings (SSSR count). The van der Waals surface area contributed by atoms with Crippen LogP contribution in [0.3, 0.4) is 0 Å². The summed E-state index contributed by atoms with van der Waals surface area (Å²) in [6, 6.07) is 23.9. The van der Waals surface area contributed by atoms with Crippen LogP contribution in [0.2, 0.25) is 0 Å². The molecule has 1 aliphatic carbocycles. The Morgan fingerprint density at radius 1 is 1.03 bits per heavy atom. The highest BCUT2D eigenvalue weighted by Gasteiger charge is 2.23. The predicted octanol–water partition coefficient (Wildman–Crippen LogP) is 5.92. The number of nitrogens with zero attached hydrogens (tertiary/aromatic N) is 3. The minimum atomic E-state index is 0.656. The number of fused-ring (bicyclic) bond motifs is 1. The molecule has 0 unspecified atom stereocenters. The van der Waals surface area contributed by atoms with E-state index in [0.29, 0.717) is 18.0 Å². The molecule has 164 valence electrons. The molecule has 4 aromatic rings. The van der Waals surface area contributed by atoms with Gasteiger partial charge in [-0.05, 0) is 66.8 Å². The summed E-state index contributed by atoms with van der Waals surface area (Å²) in [5.41, 5.74) is 4.75. The van der Waals surface area contributed by atoms with Crippen LogP contribution in [0.25, 0.3) is 23.2 Å². The third-order valence-corrected chi connectivity index (χ3v) is 5.91. The Labute approximate surface area is 193 Å². The fourth-order valence-corrected chi connectivity index (χ4v) is 3.88. The number of rotatable bonds is 8. The molecule has 1 heterocycles. The quantitative estimate of drug-likeness (QED) is 0.344. The van der Waals surface area contributed by atoms with E-state index in [0.717, 1.165) is 46.1 Å². The van der Waals surface area contributed by atoms with Gasteiger partial charge in [0.1, 0.15) is 5.82 Å². The van der Waals surface area contributed by atoms with Crippen molar-refractivity contribution >= 4 is 23.2 Å². The fraction of sp³-hybridized carbons (Fsp3) is 0.214. The molecule has 3 aromatic carbocycles. The van der Waals surface area contributed by atoms with Gasteiger partial charge in [-0.3, -0.25) is 0 Å². The number of aromatic nitrogens is 2. The van der Waals surface area contributed by atoms with Gasteiger partial charge in [0.05, 0.1) is 36.4 Å². The van der Waals surface area contributed by atoms with Gasteiger partial charge in [0.2, 0.25) is 0 Å². The van der Waals surface area contributed by atoms with E-state index >= 15 is 0 Å². The second-order valence-electron chi connectivity index (χ2n) is 8.32. The third kappa shape index (κ3) is 4.61. The van der Waals surface area contributed by atoms with Crippen molar-refractivity contribution in [1.29, 1.82) is 5.26 Å². The van der Waals surface area contributed by atoms with Crippen LogP contribution in [0.5, 0.6) is 11.5 Å². The number of nitriles is 1. The minimum absolute atomic E-state index is 0.656. The molecule has 0 bridgehead atoms. The topological polar surface area (TPSA) is 60.1 Å². The summed E-state index contributed by atoms with van der Waals surface area (Å²) in [5, 5.41) is 9.09. The normalized spacial score (nSPS) is 13.3. The van der Waals surface area contributed by atoms with Crippen LogP contribution in [-0.4, -0.2) is 23.3 Å². The maximum absolute atomic E-state index is 9.09. The SMILES string of the molecule is COc1cccc(C=Cc2nc3ccccc3n2Cc2ccc(C#N)cc2)c1OCC1CC1. The second-order valence-corrected chi connectivity index (χ2v) is 8.32. The van der Waals surface area contributed by atoms with Gasteiger partial charge in [-0.2, -0.15) is 5.26 Å². The zero-order valence-corrected chi connectivity index (χ0v) is 18.6. The lowest BCUT2D eigenvalue weighted by Crippen LogP contribution is -2.03. The van der Waals surface area contributed by atoms with E-state index in [4.69, 9.17) is 19.7 Å². The Kier molecular flexibility index (Phi) is 5.82. The number of ether oxygens (including phenoxy) is 2. The first-order chi connectivity index (χ1) is 16.2. The van der Waals surface area contributed by atoms with Crippen LogP contribution < -0.4 is 9.47 Å². The standard InChI is InChI=1S/C28H25N3O2/c1-32-26-8-4-5-23(28(26)33-19-22-13-14-22)15-16-27-30-24-6-2-3-7-25(24)31(27)18-21-11-9-20(17-29)10-12-21/h2-12,15-16,22H,13-14,18-19H2,1H3. The Bertz CT molecular complexity index is 1340. The highest BCUT2D eigenvalue weighted by Crippen LogP contribution is 2.36. The van der Waals surface area contributed by atoms with Crippen LogP contribution >= 0.6 is 0 Å². The monoisotopic (exact) mass is 435 g/mol. The molecule has 1 aliphatic rings. The smallest absolute Gasteiger partial charge is 0.168 e. The number of imidazole rings is 1. The molecular weight excluding hydrogens is 410 g/mol. The molecule has 33 heavy (non-hydrogen) atoms. The Balaban J connectivity index is 1.50. The first-order valence-electron chi connectivity index (χ1n) is 11.2. The lowest BCUT2D eigenvalue weighted by atomic mass is 10.1. The van der Waals surface area contributed by atoms with E-state index in [1.165, 1.54) is 12.8 Å². The average Bonchev–Trinajstić information content (AvgIpc) is 3.63. The van der Waals surface area contributed by atoms with Gasteiger partial charge in [0.15, 0.2) is 11.5 Å². The van der Waals surface area contributed by atoms with Crippen molar-refractivity contribution in [3.63, 3.8) is 0 Å². The third-order valence-electron chi connectivity index (χ3n) is 5.91. The highest BCUT2D eigenvalue weighted by atomic mass is 16.5. The summed E-state index contributed by atoms with van der Waals surface area (Å²) in [4.78, 5) is 4.87. The Morgan fingerprint density at radius 3 is 2.61 bits per heavy atom. The van der Waals surface area contributed by atoms with Crippen molar-refractivity contribution in [3.8, 4) is 17.6 Å². The lowest BCUT2D eigenvalue weighted by molar-refractivity contribution is 0.280. The summed E-state index contributed by atoms with van der Waals surface area (Å²) < 4.78 is 13.9. The van der Waals surface area contributed by atoms with Crippen LogP contribution in [0, 0.1) is 17.2 Å². The molecule has 1 aromatic heterocycles. The van der Waals surface area contributed by atoms with Gasteiger partial charge >= 0.3 is 0 Å². The minimum Gasteiger partial charge on any atom is -0.493 e. The molecule has 0 atom stereocenters. The van der Waals surface area contributed by atoms with Gasteiger partial charge in [0, 0.05) is 12.1 Å². The molecular formula is C28H25N3O2. The van der Waals surface area contributed by atoms with E-state index in [2.05, 4.69) is 16.7 Å². The molecule has 0 saturated heterocycles. The van der Waals surface area contributed by atoms with Crippen molar-refractivity contribution in [2.75, 3.05) is 13.7 Å². The average molecular weight is 436 g/mol. The molecule has 0 spiro atoms. The summed E-state index contributed by atoms with van der Waals surface area (Å²) in [5.74, 6) is 3.03. The molecule has 1 saturated carbocycles. The molecule has 0 radical (unpaired) electrons. The fourth-order valence-electron chi connectivity index (χ4n) is 3.88. The maximum Gasteiger partial charge on any atom is 0.168 e. The van der Waals surface area contributed by atoms with Crippen LogP contribution in [0.1, 0.15) is 35.4 Å². The first-order valence-corrected chi connectivity index (χ1v) is 11.2. The Morgan fingerprint density at radius 2 is 1.85 bits per heavy atom. The zero-order valence-electron chi connectivity index (χ0n) is 18.6. The Hall–Kier alpha value is -4.04. The van der Waals surface area contributed by atoms with E-state index < -0.39 is 0 Å². The summed E-state index contributed by atoms with van der Waals surface area (Å²) in [6.07, 6.45) is 6.54. The molecule has 5 heteroatoms. The van der Waals surface area contributed by atoms with Crippen molar-refractivity contribution < 1.29 is 9.47 Å². The molecule has 0 aliphatic heterocycles. The highest BCUT2D eigenvalue weighted by molar-refractivity contribution is 5.81. The van der Waals surface area contributed by atoms with Crippen LogP contribution in [0.15, 0.2) is 66.7 Å². The van der Waals surface area contributed by atoms with Crippen molar-refractivity contribution in [3.05, 3.63) is 89.2 Å². The number of para-hydroxylation sites is 3. The number of hydrogen-bond acceptors (Lipinski definition) is 4. The van der Waals surface area contributed by atoms with Crippen molar-refractivity contribution in [2.24, 2.45) is 5.92 Å². The largest absolute Gasteiger partial charge is 0.493 e. The molecule has 1 fully saturated rings. The summed E-state index contributed by atoms with van der Waals surface area (Å²) in [7, 11) is 1.67. The number of hydrogen-bond donors (Lipinski definition) is 0. The zero-order chi connectivity index (χ0) is 22.6. The van der Waals surface area contributed by atoms with Gasteiger partial charge in [-0.1, -0.05) is 36.4 Å². The van der Waals surface area contributed by atoms with Gasteiger partial charge in [-0.25, -0.2) is 4.98 Å². The summed E-state index contributed by atoms with van der Waals surface area (Å²) >= 11 is 0. The van der Waals surface area contributed by atoms with Crippen LogP contribution in [-0.2, 0) is 6.54 Å². The van der Waals surface area contributed by atoms with Crippen LogP contribution in [0.4, 0.5) is 0 Å². The molecule has 0 N–H and O–H groups in total. The van der Waals surface area contributed by atoms with E-state index in [9.17, 15) is 0 Å². The van der Waals surface area contributed by atoms with E-state index in [1.807, 2.05) is 72.8 Å². The predicted molar refractivity (Wildman–Crippen MR) is 130 cm³/mol. The second kappa shape index (κ2) is 9.22. The first kappa shape index (κ1) is 20.8. The number of benzene rings is 3. The van der Waals surface area contributed by atoms with E-state index in [-0.39, 0.29) is 0 Å². The number of methoxy groups -OCH3 is 1. The summed E-state index contributed by atoms with van der Waals surface area (Å²) in [6.45, 7) is 1.38. The van der Waals surface area contributed by atoms with Crippen molar-refractivity contribution in [1.82, 2.24) is 9.55 Å². The molecule has 5 nitrogen and oxygen atoms in total. The van der Waals surface area contributed by atoms with Crippen molar-refractivity contribution in [2.45, 2.75) is 19.4 Å². The maximum atomic E-state index is 9.09. The lowest BCUT2D eigenvalue weighted by Gasteiger charge is -2.13. The molecule has 0 amide bonds. The van der Waals surface area contributed by atoms with E-state index in [1.54, 1.807) is 7.11 Å². The van der Waals surface area contributed by atoms with Gasteiger partial charge in [0.25, 0.3) is 0 Å². The van der Waals surface area contributed by atoms with Gasteiger partial charge in [-0.15, -0.1) is 0 Å². The van der Waals surface area contributed by atoms with Gasteiger partial charge < -0.3 is 14.0 Å².